The largest absolute Gasteiger partial charge is 0.356 e. The van der Waals surface area contributed by atoms with Crippen LogP contribution in [0, 0.1) is 11.8 Å². The molecule has 0 spiro atoms. The highest BCUT2D eigenvalue weighted by molar-refractivity contribution is 7.07. The summed E-state index contributed by atoms with van der Waals surface area (Å²) in [6.07, 6.45) is 2.34. The lowest BCUT2D eigenvalue weighted by Crippen LogP contribution is -2.30. The van der Waals surface area contributed by atoms with Crippen molar-refractivity contribution >= 4 is 17.2 Å². The fourth-order valence-corrected chi connectivity index (χ4v) is 2.55. The predicted octanol–water partition coefficient (Wildman–Crippen LogP) is 1.81. The fraction of sp³-hybridized carbons (Fsp3) is 0.692. The molecule has 0 saturated heterocycles. The average Bonchev–Trinajstić information content (AvgIpc) is 2.80. The van der Waals surface area contributed by atoms with Gasteiger partial charge in [0.1, 0.15) is 0 Å². The van der Waals surface area contributed by atoms with Crippen LogP contribution in [-0.2, 0) is 11.2 Å². The summed E-state index contributed by atoms with van der Waals surface area (Å²) < 4.78 is 0. The predicted molar refractivity (Wildman–Crippen MR) is 75.4 cm³/mol. The first-order valence-electron chi connectivity index (χ1n) is 6.45. The van der Waals surface area contributed by atoms with Gasteiger partial charge in [0.2, 0.25) is 5.91 Å². The van der Waals surface area contributed by atoms with E-state index in [-0.39, 0.29) is 5.91 Å². The van der Waals surface area contributed by atoms with E-state index in [1.165, 1.54) is 0 Å². The molecule has 0 fully saturated rings. The van der Waals surface area contributed by atoms with Gasteiger partial charge in [-0.1, -0.05) is 13.8 Å². The first-order valence-corrected chi connectivity index (χ1v) is 7.40. The van der Waals surface area contributed by atoms with E-state index in [1.54, 1.807) is 11.3 Å². The second kappa shape index (κ2) is 8.21. The van der Waals surface area contributed by atoms with Crippen molar-refractivity contribution in [3.63, 3.8) is 0 Å². The third-order valence-corrected chi connectivity index (χ3v) is 3.43. The van der Waals surface area contributed by atoms with Crippen LogP contribution in [0.15, 0.2) is 10.9 Å². The Morgan fingerprint density at radius 2 is 2.33 bits per heavy atom. The Labute approximate surface area is 113 Å². The molecule has 0 unspecified atom stereocenters. The minimum Gasteiger partial charge on any atom is -0.356 e. The summed E-state index contributed by atoms with van der Waals surface area (Å²) in [5.74, 6) is 0.979. The molecule has 1 aromatic heterocycles. The number of carbonyl (C=O) groups excluding carboxylic acids is 1. The summed E-state index contributed by atoms with van der Waals surface area (Å²) in [6.45, 7) is 5.55. The zero-order valence-corrected chi connectivity index (χ0v) is 12.0. The quantitative estimate of drug-likeness (QED) is 0.756. The summed E-state index contributed by atoms with van der Waals surface area (Å²) in [5.41, 5.74) is 8.54. The first-order chi connectivity index (χ1) is 8.61. The number of hydrogen-bond acceptors (Lipinski definition) is 4. The van der Waals surface area contributed by atoms with Gasteiger partial charge in [-0.25, -0.2) is 4.98 Å². The highest BCUT2D eigenvalue weighted by Crippen LogP contribution is 2.13. The van der Waals surface area contributed by atoms with Crippen molar-refractivity contribution in [1.29, 1.82) is 0 Å². The van der Waals surface area contributed by atoms with Gasteiger partial charge < -0.3 is 11.1 Å². The van der Waals surface area contributed by atoms with Gasteiger partial charge in [-0.2, -0.15) is 0 Å². The van der Waals surface area contributed by atoms with Gasteiger partial charge in [-0.05, 0) is 24.8 Å². The second-order valence-corrected chi connectivity index (χ2v) is 5.73. The summed E-state index contributed by atoms with van der Waals surface area (Å²) in [5, 5.41) is 4.94. The first kappa shape index (κ1) is 15.1. The van der Waals surface area contributed by atoms with Gasteiger partial charge in [0, 0.05) is 24.8 Å². The van der Waals surface area contributed by atoms with Crippen molar-refractivity contribution in [2.45, 2.75) is 33.1 Å². The monoisotopic (exact) mass is 269 g/mol. The van der Waals surface area contributed by atoms with E-state index < -0.39 is 0 Å². The molecule has 1 amide bonds. The van der Waals surface area contributed by atoms with Gasteiger partial charge in [0.15, 0.2) is 0 Å². The Bertz CT molecular complexity index is 338. The molecule has 0 aliphatic rings. The second-order valence-electron chi connectivity index (χ2n) is 5.02. The van der Waals surface area contributed by atoms with Crippen LogP contribution in [0.4, 0.5) is 0 Å². The van der Waals surface area contributed by atoms with Crippen LogP contribution in [-0.4, -0.2) is 24.0 Å². The zero-order valence-electron chi connectivity index (χ0n) is 11.2. The molecule has 0 saturated carbocycles. The van der Waals surface area contributed by atoms with Crippen LogP contribution in [0.2, 0.25) is 0 Å². The maximum atomic E-state index is 11.7. The molecule has 1 heterocycles. The van der Waals surface area contributed by atoms with Crippen LogP contribution in [0.5, 0.6) is 0 Å². The summed E-state index contributed by atoms with van der Waals surface area (Å²) >= 11 is 1.58. The van der Waals surface area contributed by atoms with E-state index in [4.69, 9.17) is 5.73 Å². The van der Waals surface area contributed by atoms with Crippen LogP contribution < -0.4 is 11.1 Å². The molecule has 0 aromatic carbocycles. The summed E-state index contributed by atoms with van der Waals surface area (Å²) in [6, 6.07) is 0. The van der Waals surface area contributed by atoms with E-state index in [0.29, 0.717) is 31.3 Å². The van der Waals surface area contributed by atoms with E-state index in [1.807, 2.05) is 10.9 Å². The summed E-state index contributed by atoms with van der Waals surface area (Å²) in [4.78, 5) is 15.9. The Balaban J connectivity index is 2.19. The number of carbonyl (C=O) groups is 1. The minimum absolute atomic E-state index is 0.0985. The topological polar surface area (TPSA) is 68.0 Å². The zero-order chi connectivity index (χ0) is 13.4. The maximum absolute atomic E-state index is 11.7. The van der Waals surface area contributed by atoms with E-state index in [2.05, 4.69) is 24.1 Å². The number of nitrogens with two attached hydrogens (primary N) is 1. The lowest BCUT2D eigenvalue weighted by Gasteiger charge is -2.16. The van der Waals surface area contributed by atoms with Gasteiger partial charge >= 0.3 is 0 Å². The van der Waals surface area contributed by atoms with Crippen molar-refractivity contribution in [2.75, 3.05) is 13.1 Å². The van der Waals surface area contributed by atoms with E-state index in [9.17, 15) is 4.79 Å². The molecule has 0 aliphatic carbocycles. The molecule has 102 valence electrons. The fourth-order valence-electron chi connectivity index (χ4n) is 1.95. The minimum atomic E-state index is 0.0985. The Kier molecular flexibility index (Phi) is 6.90. The average molecular weight is 269 g/mol. The molecule has 1 aromatic rings. The van der Waals surface area contributed by atoms with Crippen LogP contribution >= 0.6 is 11.3 Å². The molecule has 4 nitrogen and oxygen atoms in total. The van der Waals surface area contributed by atoms with E-state index >= 15 is 0 Å². The molecule has 3 N–H and O–H groups in total. The molecule has 0 bridgehead atoms. The number of hydrogen-bond donors (Lipinski definition) is 2. The third kappa shape index (κ3) is 6.12. The molecular weight excluding hydrogens is 246 g/mol. The Morgan fingerprint density at radius 3 is 2.89 bits per heavy atom. The summed E-state index contributed by atoms with van der Waals surface area (Å²) in [7, 11) is 0. The molecule has 0 radical (unpaired) electrons. The number of rotatable bonds is 8. The normalized spacial score (nSPS) is 12.7. The standard InChI is InChI=1S/C13H23N3OS/c1-10(2)5-11(7-14)6-13(17)15-4-3-12-8-18-9-16-12/h8-11H,3-7,14H2,1-2H3,(H,15,17)/t11-/m0/s1. The number of nitrogens with zero attached hydrogens (tertiary/aromatic N) is 1. The molecule has 0 aliphatic heterocycles. The number of amides is 1. The highest BCUT2D eigenvalue weighted by atomic mass is 32.1. The number of thiazole rings is 1. The van der Waals surface area contributed by atoms with Gasteiger partial charge in [-0.15, -0.1) is 11.3 Å². The number of nitrogens with one attached hydrogen (secondary N) is 1. The maximum Gasteiger partial charge on any atom is 0.220 e. The lowest BCUT2D eigenvalue weighted by atomic mass is 9.94. The Morgan fingerprint density at radius 1 is 1.56 bits per heavy atom. The third-order valence-electron chi connectivity index (χ3n) is 2.80. The highest BCUT2D eigenvalue weighted by Gasteiger charge is 2.13. The molecule has 18 heavy (non-hydrogen) atoms. The SMILES string of the molecule is CC(C)C[C@H](CN)CC(=O)NCCc1cscn1. The van der Waals surface area contributed by atoms with E-state index in [0.717, 1.165) is 18.5 Å². The number of aromatic nitrogens is 1. The van der Waals surface area contributed by atoms with Crippen molar-refractivity contribution in [3.05, 3.63) is 16.6 Å². The van der Waals surface area contributed by atoms with Crippen molar-refractivity contribution in [3.8, 4) is 0 Å². The van der Waals surface area contributed by atoms with Gasteiger partial charge in [0.25, 0.3) is 0 Å². The smallest absolute Gasteiger partial charge is 0.220 e. The molecule has 5 heteroatoms. The van der Waals surface area contributed by atoms with Crippen molar-refractivity contribution < 1.29 is 4.79 Å². The van der Waals surface area contributed by atoms with Crippen LogP contribution in [0.3, 0.4) is 0 Å². The van der Waals surface area contributed by atoms with Crippen LogP contribution in [0.25, 0.3) is 0 Å². The van der Waals surface area contributed by atoms with Crippen LogP contribution in [0.1, 0.15) is 32.4 Å². The lowest BCUT2D eigenvalue weighted by molar-refractivity contribution is -0.122. The molecular formula is C13H23N3OS. The van der Waals surface area contributed by atoms with Gasteiger partial charge in [-0.3, -0.25) is 4.79 Å². The molecule has 1 atom stereocenters. The van der Waals surface area contributed by atoms with Gasteiger partial charge in [0.05, 0.1) is 11.2 Å². The molecule has 1 rings (SSSR count). The Hall–Kier alpha value is -0.940. The van der Waals surface area contributed by atoms with Crippen molar-refractivity contribution in [2.24, 2.45) is 17.6 Å². The van der Waals surface area contributed by atoms with Crippen molar-refractivity contribution in [1.82, 2.24) is 10.3 Å².